The van der Waals surface area contributed by atoms with Crippen LogP contribution in [0.25, 0.3) is 0 Å². The summed E-state index contributed by atoms with van der Waals surface area (Å²) in [4.78, 5) is 80.9. The van der Waals surface area contributed by atoms with Gasteiger partial charge < -0.3 is 36.2 Å². The summed E-state index contributed by atoms with van der Waals surface area (Å²) in [5.74, 6) is -2.72. The standard InChI is InChI=1S/C35H56N6O7/c1-9-15-23(28(42)30(44)37-18-10-2)38-29(43)27-25-22(35(25,7)8)19-41(27)31(45)26(21-16-13-12-14-17-21)40-32(46)39-24(34(4,5)6)20-48-33(47)36-11-3/h9-10,21-27H,1-2,11-20H2,3-8H3,(H,36,47)(H,37,44)(H,38,43)(H2,39,40,46)/t22-,23?,24?,25-,26-,27?/m0/s1. The predicted octanol–water partition coefficient (Wildman–Crippen LogP) is 2.81. The Morgan fingerprint density at radius 1 is 0.958 bits per heavy atom. The number of hydrogen-bond acceptors (Lipinski definition) is 7. The number of carbonyl (C=O) groups excluding carboxylic acids is 6. The number of nitrogens with zero attached hydrogens (tertiary/aromatic N) is 1. The molecule has 3 fully saturated rings. The number of ether oxygens (including phenoxy) is 1. The van der Waals surface area contributed by atoms with E-state index in [0.717, 1.165) is 32.1 Å². The molecule has 13 heteroatoms. The molecule has 1 saturated heterocycles. The zero-order valence-corrected chi connectivity index (χ0v) is 29.5. The molecule has 3 aliphatic rings. The molecule has 6 amide bonds. The molecule has 0 aromatic carbocycles. The third kappa shape index (κ3) is 9.37. The summed E-state index contributed by atoms with van der Waals surface area (Å²) in [5, 5.41) is 13.6. The fourth-order valence-electron chi connectivity index (χ4n) is 7.11. The van der Waals surface area contributed by atoms with E-state index >= 15 is 0 Å². The maximum absolute atomic E-state index is 14.5. The van der Waals surface area contributed by atoms with Crippen molar-refractivity contribution in [1.29, 1.82) is 0 Å². The fraction of sp³-hybridized carbons (Fsp3) is 0.714. The van der Waals surface area contributed by atoms with Crippen LogP contribution in [0.2, 0.25) is 0 Å². The summed E-state index contributed by atoms with van der Waals surface area (Å²) in [7, 11) is 0. The number of alkyl carbamates (subject to hydrolysis) is 1. The van der Waals surface area contributed by atoms with Crippen LogP contribution in [-0.4, -0.2) is 90.9 Å². The van der Waals surface area contributed by atoms with Gasteiger partial charge in [-0.1, -0.05) is 66.0 Å². The number of hydrogen-bond donors (Lipinski definition) is 5. The van der Waals surface area contributed by atoms with Gasteiger partial charge in [0.25, 0.3) is 5.91 Å². The van der Waals surface area contributed by atoms with E-state index in [1.54, 1.807) is 11.8 Å². The lowest BCUT2D eigenvalue weighted by Gasteiger charge is -2.38. The van der Waals surface area contributed by atoms with Crippen molar-refractivity contribution < 1.29 is 33.5 Å². The number of carbonyl (C=O) groups is 6. The molecule has 3 rings (SSSR count). The van der Waals surface area contributed by atoms with E-state index in [2.05, 4.69) is 53.6 Å². The zero-order valence-electron chi connectivity index (χ0n) is 29.5. The minimum Gasteiger partial charge on any atom is -0.447 e. The Bertz CT molecular complexity index is 1240. The van der Waals surface area contributed by atoms with Crippen LogP contribution >= 0.6 is 0 Å². The first-order valence-corrected chi connectivity index (χ1v) is 17.2. The van der Waals surface area contributed by atoms with Gasteiger partial charge in [0.15, 0.2) is 0 Å². The lowest BCUT2D eigenvalue weighted by molar-refractivity contribution is -0.144. The third-order valence-electron chi connectivity index (χ3n) is 10.2. The van der Waals surface area contributed by atoms with Gasteiger partial charge in [0.2, 0.25) is 17.6 Å². The minimum absolute atomic E-state index is 0.0371. The molecule has 1 aliphatic heterocycles. The number of urea groups is 1. The van der Waals surface area contributed by atoms with E-state index in [1.165, 1.54) is 12.2 Å². The van der Waals surface area contributed by atoms with Crippen LogP contribution in [0, 0.1) is 28.6 Å². The Kier molecular flexibility index (Phi) is 13.2. The van der Waals surface area contributed by atoms with Gasteiger partial charge in [-0.05, 0) is 54.8 Å². The summed E-state index contributed by atoms with van der Waals surface area (Å²) in [6.07, 6.45) is 6.74. The number of amides is 6. The highest BCUT2D eigenvalue weighted by Gasteiger charge is 2.69. The molecule has 48 heavy (non-hydrogen) atoms. The Morgan fingerprint density at radius 2 is 1.62 bits per heavy atom. The molecule has 0 aromatic rings. The summed E-state index contributed by atoms with van der Waals surface area (Å²) < 4.78 is 5.33. The molecule has 2 saturated carbocycles. The normalized spacial score (nSPS) is 23.3. The smallest absolute Gasteiger partial charge is 0.407 e. The fourth-order valence-corrected chi connectivity index (χ4v) is 7.11. The number of ketones is 1. The first-order chi connectivity index (χ1) is 22.6. The Hall–Kier alpha value is -3.90. The number of likely N-dealkylation sites (tertiary alicyclic amines) is 1. The highest BCUT2D eigenvalue weighted by molar-refractivity contribution is 6.38. The summed E-state index contributed by atoms with van der Waals surface area (Å²) in [6, 6.07) is -4.03. The van der Waals surface area contributed by atoms with Gasteiger partial charge in [-0.15, -0.1) is 13.2 Å². The zero-order chi connectivity index (χ0) is 35.8. The van der Waals surface area contributed by atoms with Gasteiger partial charge in [0, 0.05) is 19.6 Å². The van der Waals surface area contributed by atoms with Gasteiger partial charge in [-0.3, -0.25) is 19.2 Å². The van der Waals surface area contributed by atoms with Gasteiger partial charge in [0.1, 0.15) is 24.7 Å². The van der Waals surface area contributed by atoms with E-state index in [-0.39, 0.29) is 48.6 Å². The van der Waals surface area contributed by atoms with Crippen LogP contribution in [0.5, 0.6) is 0 Å². The van der Waals surface area contributed by atoms with E-state index < -0.39 is 59.3 Å². The third-order valence-corrected chi connectivity index (χ3v) is 10.2. The lowest BCUT2D eigenvalue weighted by Crippen LogP contribution is -2.61. The molecule has 3 unspecified atom stereocenters. The maximum atomic E-state index is 14.5. The summed E-state index contributed by atoms with van der Waals surface area (Å²) >= 11 is 0. The number of nitrogens with one attached hydrogen (secondary N) is 5. The number of fused-ring (bicyclic) bond motifs is 1. The second-order valence-electron chi connectivity index (χ2n) is 14.9. The van der Waals surface area contributed by atoms with Crippen molar-refractivity contribution in [3.05, 3.63) is 25.3 Å². The van der Waals surface area contributed by atoms with Crippen molar-refractivity contribution in [3.63, 3.8) is 0 Å². The van der Waals surface area contributed by atoms with Crippen molar-refractivity contribution >= 4 is 35.6 Å². The maximum Gasteiger partial charge on any atom is 0.407 e. The molecule has 0 aromatic heterocycles. The van der Waals surface area contributed by atoms with Crippen molar-refractivity contribution in [3.8, 4) is 0 Å². The number of Topliss-reactive ketones (excluding diaryl/α,β-unsaturated/α-hetero) is 1. The summed E-state index contributed by atoms with van der Waals surface area (Å²) in [5.41, 5.74) is -0.672. The van der Waals surface area contributed by atoms with Gasteiger partial charge in [-0.25, -0.2) is 9.59 Å². The van der Waals surface area contributed by atoms with Crippen molar-refractivity contribution in [2.45, 2.75) is 104 Å². The van der Waals surface area contributed by atoms with Gasteiger partial charge in [0.05, 0.1) is 6.04 Å². The number of rotatable bonds is 15. The van der Waals surface area contributed by atoms with Gasteiger partial charge in [-0.2, -0.15) is 0 Å². The highest BCUT2D eigenvalue weighted by atomic mass is 16.5. The first-order valence-electron chi connectivity index (χ1n) is 17.2. The number of piperidine rings is 1. The molecule has 2 aliphatic carbocycles. The largest absolute Gasteiger partial charge is 0.447 e. The van der Waals surface area contributed by atoms with Crippen molar-refractivity contribution in [2.75, 3.05) is 26.2 Å². The Labute approximate surface area is 284 Å². The topological polar surface area (TPSA) is 175 Å². The van der Waals surface area contributed by atoms with Crippen LogP contribution in [0.4, 0.5) is 9.59 Å². The van der Waals surface area contributed by atoms with Crippen molar-refractivity contribution in [1.82, 2.24) is 31.5 Å². The predicted molar refractivity (Wildman–Crippen MR) is 182 cm³/mol. The van der Waals surface area contributed by atoms with Crippen LogP contribution in [0.3, 0.4) is 0 Å². The lowest BCUT2D eigenvalue weighted by atomic mass is 9.83. The van der Waals surface area contributed by atoms with Crippen LogP contribution in [-0.2, 0) is 23.9 Å². The molecule has 0 radical (unpaired) electrons. The molecule has 13 nitrogen and oxygen atoms in total. The van der Waals surface area contributed by atoms with Crippen LogP contribution in [0.1, 0.15) is 80.1 Å². The molecule has 0 bridgehead atoms. The highest BCUT2D eigenvalue weighted by Crippen LogP contribution is 2.65. The molecule has 0 spiro atoms. The molecular weight excluding hydrogens is 616 g/mol. The van der Waals surface area contributed by atoms with E-state index in [9.17, 15) is 28.8 Å². The second-order valence-corrected chi connectivity index (χ2v) is 14.9. The van der Waals surface area contributed by atoms with Crippen molar-refractivity contribution in [2.24, 2.45) is 28.6 Å². The average Bonchev–Trinajstić information content (AvgIpc) is 3.34. The minimum atomic E-state index is -1.15. The van der Waals surface area contributed by atoms with Crippen LogP contribution < -0.4 is 26.6 Å². The monoisotopic (exact) mass is 672 g/mol. The van der Waals surface area contributed by atoms with E-state index in [4.69, 9.17) is 4.74 Å². The first kappa shape index (κ1) is 38.5. The average molecular weight is 673 g/mol. The Morgan fingerprint density at radius 3 is 2.21 bits per heavy atom. The molecule has 5 N–H and O–H groups in total. The van der Waals surface area contributed by atoms with E-state index in [1.807, 2.05) is 20.8 Å². The quantitative estimate of drug-likeness (QED) is 0.131. The Balaban J connectivity index is 1.83. The second kappa shape index (κ2) is 16.5. The van der Waals surface area contributed by atoms with Gasteiger partial charge >= 0.3 is 12.1 Å². The molecule has 6 atom stereocenters. The molecular formula is C35H56N6O7. The molecule has 268 valence electrons. The van der Waals surface area contributed by atoms with Crippen LogP contribution in [0.15, 0.2) is 25.3 Å². The van der Waals surface area contributed by atoms with E-state index in [0.29, 0.717) is 13.1 Å². The summed E-state index contributed by atoms with van der Waals surface area (Å²) in [6.45, 7) is 19.6. The SMILES string of the molecule is C=CCNC(=O)C(=O)C(CC=C)NC(=O)C1[C@@H]2[C@H](CN1C(=O)[C@@H](NC(=O)NC(COC(=O)NCC)C(C)(C)C)C1CCCCC1)C2(C)C. The molecule has 1 heterocycles.